The fourth-order valence-corrected chi connectivity index (χ4v) is 5.22. The SMILES string of the molecule is Cc1c(-c2nnc(C3(Cc4ccccc4)CC3)o2)nn(-c2ccc(Cl)cc2Cl)c1-c1ccc(Cl)cc1. The highest BCUT2D eigenvalue weighted by Crippen LogP contribution is 2.50. The molecule has 6 rings (SSSR count). The topological polar surface area (TPSA) is 56.7 Å². The first-order valence-electron chi connectivity index (χ1n) is 11.6. The number of halogens is 3. The maximum absolute atomic E-state index is 6.59. The molecule has 0 unspecified atom stereocenters. The van der Waals surface area contributed by atoms with Crippen LogP contribution in [0.2, 0.25) is 15.1 Å². The van der Waals surface area contributed by atoms with Crippen LogP contribution in [0, 0.1) is 6.92 Å². The number of rotatable bonds is 6. The maximum Gasteiger partial charge on any atom is 0.268 e. The lowest BCUT2D eigenvalue weighted by Gasteiger charge is -2.11. The van der Waals surface area contributed by atoms with Crippen molar-refractivity contribution in [3.63, 3.8) is 0 Å². The molecular formula is C28H21Cl3N4O. The summed E-state index contributed by atoms with van der Waals surface area (Å²) >= 11 is 18.9. The minimum Gasteiger partial charge on any atom is -0.419 e. The smallest absolute Gasteiger partial charge is 0.268 e. The van der Waals surface area contributed by atoms with E-state index in [1.807, 2.05) is 43.3 Å². The number of nitrogens with zero attached hydrogens (tertiary/aromatic N) is 4. The summed E-state index contributed by atoms with van der Waals surface area (Å²) in [7, 11) is 0. The monoisotopic (exact) mass is 534 g/mol. The molecule has 5 nitrogen and oxygen atoms in total. The van der Waals surface area contributed by atoms with Crippen molar-refractivity contribution < 1.29 is 4.42 Å². The summed E-state index contributed by atoms with van der Waals surface area (Å²) < 4.78 is 8.08. The molecule has 8 heteroatoms. The molecule has 0 saturated heterocycles. The molecule has 1 aliphatic rings. The zero-order valence-electron chi connectivity index (χ0n) is 19.4. The Labute approximate surface area is 223 Å². The lowest BCUT2D eigenvalue weighted by atomic mass is 9.96. The first-order valence-corrected chi connectivity index (χ1v) is 12.8. The molecule has 5 aromatic rings. The Morgan fingerprint density at radius 3 is 2.31 bits per heavy atom. The highest BCUT2D eigenvalue weighted by atomic mass is 35.5. The van der Waals surface area contributed by atoms with Crippen molar-refractivity contribution >= 4 is 34.8 Å². The number of hydrogen-bond acceptors (Lipinski definition) is 4. The van der Waals surface area contributed by atoms with Gasteiger partial charge in [-0.3, -0.25) is 0 Å². The van der Waals surface area contributed by atoms with E-state index in [2.05, 4.69) is 34.5 Å². The number of aromatic nitrogens is 4. The molecule has 0 aliphatic heterocycles. The second-order valence-electron chi connectivity index (χ2n) is 9.19. The van der Waals surface area contributed by atoms with Gasteiger partial charge in [-0.2, -0.15) is 5.10 Å². The second-order valence-corrected chi connectivity index (χ2v) is 10.5. The van der Waals surface area contributed by atoms with Crippen molar-refractivity contribution in [3.8, 4) is 28.5 Å². The van der Waals surface area contributed by atoms with Crippen LogP contribution < -0.4 is 0 Å². The van der Waals surface area contributed by atoms with Crippen LogP contribution in [0.25, 0.3) is 28.5 Å². The molecule has 36 heavy (non-hydrogen) atoms. The van der Waals surface area contributed by atoms with Gasteiger partial charge in [-0.25, -0.2) is 4.68 Å². The largest absolute Gasteiger partial charge is 0.419 e. The van der Waals surface area contributed by atoms with E-state index in [9.17, 15) is 0 Å². The summed E-state index contributed by atoms with van der Waals surface area (Å²) in [6, 6.07) is 23.4. The van der Waals surface area contributed by atoms with Crippen LogP contribution in [0.3, 0.4) is 0 Å². The van der Waals surface area contributed by atoms with E-state index in [1.54, 1.807) is 16.8 Å². The van der Waals surface area contributed by atoms with E-state index in [-0.39, 0.29) is 5.41 Å². The zero-order valence-corrected chi connectivity index (χ0v) is 21.6. The zero-order chi connectivity index (χ0) is 24.9. The lowest BCUT2D eigenvalue weighted by molar-refractivity contribution is 0.438. The molecule has 0 atom stereocenters. The van der Waals surface area contributed by atoms with Crippen LogP contribution in [-0.4, -0.2) is 20.0 Å². The van der Waals surface area contributed by atoms with E-state index in [0.717, 1.165) is 36.1 Å². The standard InChI is InChI=1S/C28H21Cl3N4O/c1-17-24(26-32-33-27(36-26)28(13-14-28)16-18-5-3-2-4-6-18)34-35(23-12-11-21(30)15-22(23)31)25(17)19-7-9-20(29)10-8-19/h2-12,15H,13-14,16H2,1H3. The van der Waals surface area contributed by atoms with Crippen LogP contribution in [0.5, 0.6) is 0 Å². The second kappa shape index (κ2) is 9.07. The van der Waals surface area contributed by atoms with Crippen molar-refractivity contribution in [1.29, 1.82) is 0 Å². The molecular weight excluding hydrogens is 515 g/mol. The third-order valence-corrected chi connectivity index (χ3v) is 7.49. The van der Waals surface area contributed by atoms with Crippen molar-refractivity contribution in [3.05, 3.63) is 105 Å². The van der Waals surface area contributed by atoms with Gasteiger partial charge in [0.25, 0.3) is 5.89 Å². The van der Waals surface area contributed by atoms with Gasteiger partial charge in [-0.05, 0) is 62.1 Å². The maximum atomic E-state index is 6.59. The van der Waals surface area contributed by atoms with Gasteiger partial charge in [-0.15, -0.1) is 10.2 Å². The number of benzene rings is 3. The first-order chi connectivity index (χ1) is 17.4. The van der Waals surface area contributed by atoms with Crippen molar-refractivity contribution in [1.82, 2.24) is 20.0 Å². The molecule has 2 heterocycles. The molecule has 0 bridgehead atoms. The Hall–Kier alpha value is -3.12. The van der Waals surface area contributed by atoms with Crippen LogP contribution in [0.4, 0.5) is 0 Å². The molecule has 0 spiro atoms. The van der Waals surface area contributed by atoms with E-state index in [4.69, 9.17) is 44.3 Å². The minimum atomic E-state index is -0.110. The molecule has 1 fully saturated rings. The van der Waals surface area contributed by atoms with Gasteiger partial charge in [0.05, 0.1) is 21.8 Å². The predicted octanol–water partition coefficient (Wildman–Crippen LogP) is 8.13. The summed E-state index contributed by atoms with van der Waals surface area (Å²) in [5.74, 6) is 1.05. The van der Waals surface area contributed by atoms with Gasteiger partial charge in [0, 0.05) is 21.2 Å². The molecule has 0 N–H and O–H groups in total. The minimum absolute atomic E-state index is 0.110. The van der Waals surface area contributed by atoms with Crippen molar-refractivity contribution in [2.75, 3.05) is 0 Å². The molecule has 2 aromatic heterocycles. The Bertz CT molecular complexity index is 1550. The summed E-state index contributed by atoms with van der Waals surface area (Å²) in [5.41, 5.74) is 5.15. The van der Waals surface area contributed by atoms with E-state index in [1.165, 1.54) is 5.56 Å². The third-order valence-electron chi connectivity index (χ3n) is 6.70. The van der Waals surface area contributed by atoms with E-state index < -0.39 is 0 Å². The average Bonchev–Trinajstić information content (AvgIpc) is 3.32. The van der Waals surface area contributed by atoms with Gasteiger partial charge in [-0.1, -0.05) is 77.3 Å². The molecule has 3 aromatic carbocycles. The summed E-state index contributed by atoms with van der Waals surface area (Å²) in [6.07, 6.45) is 2.92. The van der Waals surface area contributed by atoms with Gasteiger partial charge >= 0.3 is 0 Å². The van der Waals surface area contributed by atoms with Crippen molar-refractivity contribution in [2.45, 2.75) is 31.6 Å². The van der Waals surface area contributed by atoms with Gasteiger partial charge < -0.3 is 4.42 Å². The van der Waals surface area contributed by atoms with Crippen LogP contribution in [0.1, 0.15) is 29.9 Å². The Morgan fingerprint density at radius 2 is 1.61 bits per heavy atom. The summed E-state index contributed by atoms with van der Waals surface area (Å²) in [5, 5.41) is 15.5. The van der Waals surface area contributed by atoms with Gasteiger partial charge in [0.2, 0.25) is 5.89 Å². The quantitative estimate of drug-likeness (QED) is 0.220. The van der Waals surface area contributed by atoms with E-state index in [0.29, 0.717) is 38.2 Å². The van der Waals surface area contributed by atoms with Crippen LogP contribution in [0.15, 0.2) is 77.2 Å². The normalized spacial score (nSPS) is 14.2. The van der Waals surface area contributed by atoms with Crippen molar-refractivity contribution in [2.24, 2.45) is 0 Å². The summed E-state index contributed by atoms with van der Waals surface area (Å²) in [4.78, 5) is 0. The van der Waals surface area contributed by atoms with E-state index >= 15 is 0 Å². The summed E-state index contributed by atoms with van der Waals surface area (Å²) in [6.45, 7) is 1.99. The predicted molar refractivity (Wildman–Crippen MR) is 143 cm³/mol. The molecule has 180 valence electrons. The Balaban J connectivity index is 1.44. The van der Waals surface area contributed by atoms with Gasteiger partial charge in [0.15, 0.2) is 5.69 Å². The van der Waals surface area contributed by atoms with Crippen LogP contribution in [-0.2, 0) is 11.8 Å². The molecule has 1 aliphatic carbocycles. The average molecular weight is 536 g/mol. The highest BCUT2D eigenvalue weighted by molar-refractivity contribution is 6.35. The Kier molecular flexibility index (Phi) is 5.87. The van der Waals surface area contributed by atoms with Crippen LogP contribution >= 0.6 is 34.8 Å². The third kappa shape index (κ3) is 4.21. The fraction of sp³-hybridized carbons (Fsp3) is 0.179. The fourth-order valence-electron chi connectivity index (χ4n) is 4.61. The van der Waals surface area contributed by atoms with Gasteiger partial charge in [0.1, 0.15) is 0 Å². The molecule has 0 amide bonds. The lowest BCUT2D eigenvalue weighted by Crippen LogP contribution is -2.11. The Morgan fingerprint density at radius 1 is 0.889 bits per heavy atom. The molecule has 1 saturated carbocycles. The molecule has 0 radical (unpaired) electrons. The highest BCUT2D eigenvalue weighted by Gasteiger charge is 2.49. The first kappa shape index (κ1) is 23.3. The number of hydrogen-bond donors (Lipinski definition) is 0.